The Labute approximate surface area is 173 Å². The molecule has 0 bridgehead atoms. The number of hydrogen-bond acceptors (Lipinski definition) is 4. The van der Waals surface area contributed by atoms with Gasteiger partial charge in [-0.25, -0.2) is 0 Å². The van der Waals surface area contributed by atoms with Gasteiger partial charge in [0, 0.05) is 22.9 Å². The van der Waals surface area contributed by atoms with E-state index in [9.17, 15) is 9.59 Å². The largest absolute Gasteiger partial charge is 0.456 e. The molecule has 0 aliphatic rings. The van der Waals surface area contributed by atoms with Crippen LogP contribution in [0.4, 0.5) is 5.69 Å². The molecular weight excluding hydrogens is 376 g/mol. The van der Waals surface area contributed by atoms with Gasteiger partial charge in [-0.2, -0.15) is 5.26 Å². The summed E-state index contributed by atoms with van der Waals surface area (Å²) < 4.78 is 6.01. The predicted octanol–water partition coefficient (Wildman–Crippen LogP) is 5.20. The van der Waals surface area contributed by atoms with E-state index in [-0.39, 0.29) is 11.3 Å². The van der Waals surface area contributed by atoms with Crippen LogP contribution in [0, 0.1) is 25.2 Å². The zero-order valence-corrected chi connectivity index (χ0v) is 16.5. The second-order valence-corrected chi connectivity index (χ2v) is 7.15. The Bertz CT molecular complexity index is 1360. The van der Waals surface area contributed by atoms with E-state index in [4.69, 9.17) is 9.68 Å². The van der Waals surface area contributed by atoms with Crippen molar-refractivity contribution in [3.8, 4) is 17.4 Å². The number of amides is 1. The monoisotopic (exact) mass is 394 g/mol. The van der Waals surface area contributed by atoms with Crippen molar-refractivity contribution in [1.82, 2.24) is 0 Å². The third kappa shape index (κ3) is 3.71. The number of rotatable bonds is 3. The van der Waals surface area contributed by atoms with Gasteiger partial charge in [0.2, 0.25) is 0 Å². The number of carbonyl (C=O) groups is 1. The number of hydrogen-bond donors (Lipinski definition) is 1. The zero-order chi connectivity index (χ0) is 21.3. The molecule has 1 heterocycles. The van der Waals surface area contributed by atoms with Crippen molar-refractivity contribution in [2.45, 2.75) is 13.8 Å². The topological polar surface area (TPSA) is 83.1 Å². The second kappa shape index (κ2) is 7.69. The van der Waals surface area contributed by atoms with Gasteiger partial charge in [0.05, 0.1) is 17.0 Å². The molecule has 3 aromatic carbocycles. The van der Waals surface area contributed by atoms with Crippen LogP contribution in [-0.2, 0) is 0 Å². The highest BCUT2D eigenvalue weighted by Crippen LogP contribution is 2.25. The zero-order valence-electron chi connectivity index (χ0n) is 16.5. The SMILES string of the molecule is Cc1cc(C)c2oc(-c3ccc(C(=O)Nc4ccc(C#N)cc4)cc3)cc(=O)c2c1. The van der Waals surface area contributed by atoms with Gasteiger partial charge in [-0.1, -0.05) is 18.2 Å². The number of nitrogens with zero attached hydrogens (tertiary/aromatic N) is 1. The standard InChI is InChI=1S/C25H18N2O3/c1-15-11-16(2)24-21(12-15)22(28)13-23(30-24)18-5-7-19(8-6-18)25(29)27-20-9-3-17(14-26)4-10-20/h3-13H,1-2H3,(H,27,29). The van der Waals surface area contributed by atoms with Crippen LogP contribution in [0.3, 0.4) is 0 Å². The van der Waals surface area contributed by atoms with E-state index in [0.717, 1.165) is 11.1 Å². The lowest BCUT2D eigenvalue weighted by Crippen LogP contribution is -2.11. The van der Waals surface area contributed by atoms with E-state index in [2.05, 4.69) is 5.32 Å². The minimum absolute atomic E-state index is 0.0966. The minimum Gasteiger partial charge on any atom is -0.456 e. The normalized spacial score (nSPS) is 10.6. The third-order valence-corrected chi connectivity index (χ3v) is 4.86. The Hall–Kier alpha value is -4.17. The molecule has 5 heteroatoms. The summed E-state index contributed by atoms with van der Waals surface area (Å²) >= 11 is 0. The Morgan fingerprint density at radius 3 is 2.33 bits per heavy atom. The van der Waals surface area contributed by atoms with E-state index < -0.39 is 0 Å². The van der Waals surface area contributed by atoms with Gasteiger partial charge < -0.3 is 9.73 Å². The van der Waals surface area contributed by atoms with Crippen molar-refractivity contribution < 1.29 is 9.21 Å². The molecule has 1 N–H and O–H groups in total. The molecular formula is C25H18N2O3. The van der Waals surface area contributed by atoms with Crippen molar-refractivity contribution >= 4 is 22.6 Å². The summed E-state index contributed by atoms with van der Waals surface area (Å²) in [6, 6.07) is 20.8. The summed E-state index contributed by atoms with van der Waals surface area (Å²) in [4.78, 5) is 25.0. The number of carbonyl (C=O) groups excluding carboxylic acids is 1. The van der Waals surface area contributed by atoms with Crippen molar-refractivity contribution in [2.24, 2.45) is 0 Å². The molecule has 0 unspecified atom stereocenters. The molecule has 5 nitrogen and oxygen atoms in total. The molecule has 1 aromatic heterocycles. The molecule has 0 saturated heterocycles. The van der Waals surface area contributed by atoms with E-state index in [0.29, 0.717) is 39.1 Å². The van der Waals surface area contributed by atoms with Gasteiger partial charge in [-0.3, -0.25) is 9.59 Å². The molecule has 0 saturated carbocycles. The fourth-order valence-electron chi connectivity index (χ4n) is 3.37. The number of fused-ring (bicyclic) bond motifs is 1. The van der Waals surface area contributed by atoms with Crippen molar-refractivity contribution in [3.05, 3.63) is 99.2 Å². The van der Waals surface area contributed by atoms with Gasteiger partial charge in [0.15, 0.2) is 5.43 Å². The van der Waals surface area contributed by atoms with Gasteiger partial charge in [-0.15, -0.1) is 0 Å². The first-order valence-corrected chi connectivity index (χ1v) is 9.41. The van der Waals surface area contributed by atoms with Crippen LogP contribution in [0.15, 0.2) is 75.9 Å². The number of benzene rings is 3. The van der Waals surface area contributed by atoms with Crippen LogP contribution in [0.25, 0.3) is 22.3 Å². The van der Waals surface area contributed by atoms with Crippen LogP contribution in [0.1, 0.15) is 27.0 Å². The fraction of sp³-hybridized carbons (Fsp3) is 0.0800. The molecule has 0 atom stereocenters. The van der Waals surface area contributed by atoms with E-state index in [1.165, 1.54) is 6.07 Å². The Balaban J connectivity index is 1.61. The highest BCUT2D eigenvalue weighted by atomic mass is 16.3. The highest BCUT2D eigenvalue weighted by molar-refractivity contribution is 6.04. The Kier molecular flexibility index (Phi) is 4.91. The number of nitriles is 1. The van der Waals surface area contributed by atoms with Crippen LogP contribution >= 0.6 is 0 Å². The quantitative estimate of drug-likeness (QED) is 0.518. The summed E-state index contributed by atoms with van der Waals surface area (Å²) in [6.07, 6.45) is 0. The lowest BCUT2D eigenvalue weighted by Gasteiger charge is -2.08. The lowest BCUT2D eigenvalue weighted by molar-refractivity contribution is 0.102. The number of anilines is 1. The predicted molar refractivity (Wildman–Crippen MR) is 117 cm³/mol. The summed E-state index contributed by atoms with van der Waals surface area (Å²) in [5.41, 5.74) is 4.71. The van der Waals surface area contributed by atoms with Gasteiger partial charge >= 0.3 is 0 Å². The molecule has 30 heavy (non-hydrogen) atoms. The molecule has 0 aliphatic heterocycles. The van der Waals surface area contributed by atoms with Crippen molar-refractivity contribution in [2.75, 3.05) is 5.32 Å². The molecule has 4 rings (SSSR count). The minimum atomic E-state index is -0.266. The second-order valence-electron chi connectivity index (χ2n) is 7.15. The molecule has 146 valence electrons. The average molecular weight is 394 g/mol. The van der Waals surface area contributed by atoms with Gasteiger partial charge in [-0.05, 0) is 67.4 Å². The molecule has 1 amide bonds. The van der Waals surface area contributed by atoms with Crippen LogP contribution < -0.4 is 10.7 Å². The average Bonchev–Trinajstić information content (AvgIpc) is 2.75. The van der Waals surface area contributed by atoms with E-state index in [1.54, 1.807) is 48.5 Å². The Morgan fingerprint density at radius 1 is 0.967 bits per heavy atom. The van der Waals surface area contributed by atoms with E-state index >= 15 is 0 Å². The van der Waals surface area contributed by atoms with Crippen LogP contribution in [-0.4, -0.2) is 5.91 Å². The summed E-state index contributed by atoms with van der Waals surface area (Å²) in [6.45, 7) is 3.86. The number of nitrogens with one attached hydrogen (secondary N) is 1. The maximum absolute atomic E-state index is 12.6. The smallest absolute Gasteiger partial charge is 0.255 e. The maximum atomic E-state index is 12.6. The van der Waals surface area contributed by atoms with Crippen LogP contribution in [0.5, 0.6) is 0 Å². The first-order valence-electron chi connectivity index (χ1n) is 9.41. The molecule has 0 fully saturated rings. The fourth-order valence-corrected chi connectivity index (χ4v) is 3.37. The summed E-state index contributed by atoms with van der Waals surface area (Å²) in [5.74, 6) is 0.191. The van der Waals surface area contributed by atoms with Crippen molar-refractivity contribution in [1.29, 1.82) is 5.26 Å². The molecule has 0 radical (unpaired) electrons. The molecule has 0 spiro atoms. The maximum Gasteiger partial charge on any atom is 0.255 e. The Morgan fingerprint density at radius 2 is 1.67 bits per heavy atom. The molecule has 4 aromatic rings. The molecule has 0 aliphatic carbocycles. The lowest BCUT2D eigenvalue weighted by atomic mass is 10.1. The first-order chi connectivity index (χ1) is 14.4. The van der Waals surface area contributed by atoms with Crippen LogP contribution in [0.2, 0.25) is 0 Å². The van der Waals surface area contributed by atoms with Gasteiger partial charge in [0.1, 0.15) is 11.3 Å². The van der Waals surface area contributed by atoms with Crippen molar-refractivity contribution in [3.63, 3.8) is 0 Å². The number of aryl methyl sites for hydroxylation is 2. The third-order valence-electron chi connectivity index (χ3n) is 4.86. The first kappa shape index (κ1) is 19.2. The highest BCUT2D eigenvalue weighted by Gasteiger charge is 2.11. The summed E-state index contributed by atoms with van der Waals surface area (Å²) in [5, 5.41) is 12.2. The summed E-state index contributed by atoms with van der Waals surface area (Å²) in [7, 11) is 0. The van der Waals surface area contributed by atoms with Gasteiger partial charge in [0.25, 0.3) is 5.91 Å². The van der Waals surface area contributed by atoms with E-state index in [1.807, 2.05) is 32.0 Å².